The summed E-state index contributed by atoms with van der Waals surface area (Å²) in [5.41, 5.74) is 0.799. The van der Waals surface area contributed by atoms with Crippen molar-refractivity contribution in [3.63, 3.8) is 0 Å². The van der Waals surface area contributed by atoms with Crippen molar-refractivity contribution < 1.29 is 14.3 Å². The highest BCUT2D eigenvalue weighted by Gasteiger charge is 2.26. The summed E-state index contributed by atoms with van der Waals surface area (Å²) >= 11 is 0. The van der Waals surface area contributed by atoms with Gasteiger partial charge in [0.25, 0.3) is 0 Å². The Balaban J connectivity index is 1.75. The van der Waals surface area contributed by atoms with E-state index in [9.17, 15) is 4.79 Å². The molecule has 0 saturated heterocycles. The molecule has 2 rings (SSSR count). The summed E-state index contributed by atoms with van der Waals surface area (Å²) in [7, 11) is 4.17. The van der Waals surface area contributed by atoms with E-state index in [0.717, 1.165) is 44.5 Å². The lowest BCUT2D eigenvalue weighted by Gasteiger charge is -2.30. The summed E-state index contributed by atoms with van der Waals surface area (Å²) < 4.78 is 11.4. The SMILES string of the molecule is CC(NCCN(C)C)c1ccc(OC[C@H]2CCC[C@@H](NC(=O)OC(C)(C)C)C2)cc1. The number of hydrogen-bond acceptors (Lipinski definition) is 5. The molecule has 30 heavy (non-hydrogen) atoms. The first-order chi connectivity index (χ1) is 14.1. The number of nitrogens with zero attached hydrogens (tertiary/aromatic N) is 1. The van der Waals surface area contributed by atoms with Gasteiger partial charge in [-0.25, -0.2) is 4.79 Å². The molecule has 0 spiro atoms. The molecular weight excluding hydrogens is 378 g/mol. The number of hydrogen-bond donors (Lipinski definition) is 2. The van der Waals surface area contributed by atoms with Crippen LogP contribution in [0.5, 0.6) is 5.75 Å². The van der Waals surface area contributed by atoms with Crippen molar-refractivity contribution in [3.05, 3.63) is 29.8 Å². The standard InChI is InChI=1S/C24H41N3O3/c1-18(25-14-15-27(5)6)20-10-12-22(13-11-20)29-17-19-8-7-9-21(16-19)26-23(28)30-24(2,3)4/h10-13,18-19,21,25H,7-9,14-17H2,1-6H3,(H,26,28)/t18?,19-,21+/m0/s1. The number of amides is 1. The van der Waals surface area contributed by atoms with Crippen LogP contribution in [0.3, 0.4) is 0 Å². The van der Waals surface area contributed by atoms with Crippen molar-refractivity contribution in [2.75, 3.05) is 33.8 Å². The molecule has 0 aliphatic heterocycles. The molecule has 6 heteroatoms. The van der Waals surface area contributed by atoms with Crippen LogP contribution in [0.25, 0.3) is 0 Å². The van der Waals surface area contributed by atoms with Crippen LogP contribution in [0.1, 0.15) is 65.0 Å². The molecule has 3 atom stereocenters. The number of carbonyl (C=O) groups is 1. The summed E-state index contributed by atoms with van der Waals surface area (Å²) in [6, 6.07) is 8.86. The third-order valence-corrected chi connectivity index (χ3v) is 5.38. The smallest absolute Gasteiger partial charge is 0.407 e. The molecule has 1 aromatic carbocycles. The van der Waals surface area contributed by atoms with Crippen LogP contribution in [0.2, 0.25) is 0 Å². The van der Waals surface area contributed by atoms with Gasteiger partial charge in [-0.2, -0.15) is 0 Å². The Kier molecular flexibility index (Phi) is 9.43. The van der Waals surface area contributed by atoms with Crippen molar-refractivity contribution in [1.29, 1.82) is 0 Å². The lowest BCUT2D eigenvalue weighted by molar-refractivity contribution is 0.0478. The molecular formula is C24H41N3O3. The third kappa shape index (κ3) is 9.35. The second-order valence-corrected chi connectivity index (χ2v) is 9.73. The molecule has 1 aliphatic rings. The van der Waals surface area contributed by atoms with Gasteiger partial charge < -0.3 is 25.0 Å². The summed E-state index contributed by atoms with van der Waals surface area (Å²) in [6.07, 6.45) is 3.85. The molecule has 1 aliphatic carbocycles. The van der Waals surface area contributed by atoms with Gasteiger partial charge in [0.1, 0.15) is 11.4 Å². The predicted molar refractivity (Wildman–Crippen MR) is 122 cm³/mol. The molecule has 1 saturated carbocycles. The number of benzene rings is 1. The van der Waals surface area contributed by atoms with E-state index in [1.165, 1.54) is 5.56 Å². The molecule has 0 radical (unpaired) electrons. The van der Waals surface area contributed by atoms with Crippen LogP contribution in [-0.2, 0) is 4.74 Å². The highest BCUT2D eigenvalue weighted by Crippen LogP contribution is 2.26. The van der Waals surface area contributed by atoms with Crippen molar-refractivity contribution in [2.24, 2.45) is 5.92 Å². The lowest BCUT2D eigenvalue weighted by atomic mass is 9.86. The quantitative estimate of drug-likeness (QED) is 0.623. The van der Waals surface area contributed by atoms with E-state index in [-0.39, 0.29) is 12.1 Å². The fourth-order valence-electron chi connectivity index (χ4n) is 3.74. The van der Waals surface area contributed by atoms with Crippen molar-refractivity contribution >= 4 is 6.09 Å². The van der Waals surface area contributed by atoms with Crippen LogP contribution < -0.4 is 15.4 Å². The highest BCUT2D eigenvalue weighted by molar-refractivity contribution is 5.68. The van der Waals surface area contributed by atoms with E-state index >= 15 is 0 Å². The van der Waals surface area contributed by atoms with Gasteiger partial charge >= 0.3 is 6.09 Å². The highest BCUT2D eigenvalue weighted by atomic mass is 16.6. The van der Waals surface area contributed by atoms with Crippen molar-refractivity contribution in [2.45, 2.75) is 71.1 Å². The van der Waals surface area contributed by atoms with Gasteiger partial charge in [-0.15, -0.1) is 0 Å². The second kappa shape index (κ2) is 11.6. The van der Waals surface area contributed by atoms with E-state index in [1.807, 2.05) is 20.8 Å². The van der Waals surface area contributed by atoms with E-state index in [2.05, 4.69) is 60.8 Å². The number of rotatable bonds is 9. The number of ether oxygens (including phenoxy) is 2. The van der Waals surface area contributed by atoms with Crippen molar-refractivity contribution in [1.82, 2.24) is 15.5 Å². The summed E-state index contributed by atoms with van der Waals surface area (Å²) in [5.74, 6) is 1.35. The molecule has 0 heterocycles. The molecule has 0 aromatic heterocycles. The molecule has 6 nitrogen and oxygen atoms in total. The Hall–Kier alpha value is -1.79. The second-order valence-electron chi connectivity index (χ2n) is 9.73. The van der Waals surface area contributed by atoms with Gasteiger partial charge in [-0.1, -0.05) is 18.6 Å². The first-order valence-electron chi connectivity index (χ1n) is 11.2. The number of likely N-dealkylation sites (N-methyl/N-ethyl adjacent to an activating group) is 1. The van der Waals surface area contributed by atoms with Crippen LogP contribution >= 0.6 is 0 Å². The summed E-state index contributed by atoms with van der Waals surface area (Å²) in [6.45, 7) is 10.5. The lowest BCUT2D eigenvalue weighted by Crippen LogP contribution is -2.42. The summed E-state index contributed by atoms with van der Waals surface area (Å²) in [5, 5.41) is 6.56. The van der Waals surface area contributed by atoms with E-state index in [1.54, 1.807) is 0 Å². The molecule has 1 unspecified atom stereocenters. The molecule has 0 bridgehead atoms. The minimum Gasteiger partial charge on any atom is -0.493 e. The minimum atomic E-state index is -0.465. The van der Waals surface area contributed by atoms with E-state index < -0.39 is 5.60 Å². The molecule has 1 amide bonds. The predicted octanol–water partition coefficient (Wildman–Crippen LogP) is 4.36. The normalized spacial score (nSPS) is 20.6. The van der Waals surface area contributed by atoms with Crippen LogP contribution in [0, 0.1) is 5.92 Å². The van der Waals surface area contributed by atoms with Crippen molar-refractivity contribution in [3.8, 4) is 5.75 Å². The Morgan fingerprint density at radius 2 is 1.90 bits per heavy atom. The average Bonchev–Trinajstić information content (AvgIpc) is 2.65. The van der Waals surface area contributed by atoms with Gasteiger partial charge in [-0.05, 0) is 84.7 Å². The maximum atomic E-state index is 12.0. The van der Waals surface area contributed by atoms with Gasteiger partial charge in [-0.3, -0.25) is 0 Å². The monoisotopic (exact) mass is 419 g/mol. The molecule has 1 aromatic rings. The Bertz CT molecular complexity index is 640. The first kappa shape index (κ1) is 24.5. The summed E-state index contributed by atoms with van der Waals surface area (Å²) in [4.78, 5) is 14.2. The molecule has 1 fully saturated rings. The number of nitrogens with one attached hydrogen (secondary N) is 2. The van der Waals surface area contributed by atoms with E-state index in [4.69, 9.17) is 9.47 Å². The minimum absolute atomic E-state index is 0.165. The fourth-order valence-corrected chi connectivity index (χ4v) is 3.74. The largest absolute Gasteiger partial charge is 0.493 e. The zero-order valence-electron chi connectivity index (χ0n) is 19.7. The molecule has 2 N–H and O–H groups in total. The van der Waals surface area contributed by atoms with Gasteiger partial charge in [0.15, 0.2) is 0 Å². The number of alkyl carbamates (subject to hydrolysis) is 1. The first-order valence-corrected chi connectivity index (χ1v) is 11.2. The Morgan fingerprint density at radius 1 is 1.20 bits per heavy atom. The maximum absolute atomic E-state index is 12.0. The third-order valence-electron chi connectivity index (χ3n) is 5.38. The zero-order chi connectivity index (χ0) is 22.1. The average molecular weight is 420 g/mol. The van der Waals surface area contributed by atoms with Crippen LogP contribution in [0.15, 0.2) is 24.3 Å². The van der Waals surface area contributed by atoms with E-state index in [0.29, 0.717) is 18.6 Å². The molecule has 170 valence electrons. The van der Waals surface area contributed by atoms with Crippen LogP contribution in [-0.4, -0.2) is 56.4 Å². The fraction of sp³-hybridized carbons (Fsp3) is 0.708. The van der Waals surface area contributed by atoms with Gasteiger partial charge in [0.2, 0.25) is 0 Å². The topological polar surface area (TPSA) is 62.8 Å². The van der Waals surface area contributed by atoms with Crippen LogP contribution in [0.4, 0.5) is 4.79 Å². The number of carbonyl (C=O) groups excluding carboxylic acids is 1. The van der Waals surface area contributed by atoms with Gasteiger partial charge in [0, 0.05) is 25.2 Å². The zero-order valence-corrected chi connectivity index (χ0v) is 19.7. The Morgan fingerprint density at radius 3 is 2.53 bits per heavy atom. The Labute approximate surface area is 182 Å². The maximum Gasteiger partial charge on any atom is 0.407 e. The van der Waals surface area contributed by atoms with Gasteiger partial charge in [0.05, 0.1) is 6.61 Å².